The van der Waals surface area contributed by atoms with Crippen LogP contribution in [0.15, 0.2) is 32.7 Å². The molecule has 0 saturated carbocycles. The summed E-state index contributed by atoms with van der Waals surface area (Å²) in [6, 6.07) is 8.13. The maximum atomic E-state index is 6.56. The van der Waals surface area contributed by atoms with Crippen molar-refractivity contribution in [3.05, 3.63) is 35.4 Å². The first-order valence-corrected chi connectivity index (χ1v) is 12.5. The molecule has 1 heterocycles. The lowest BCUT2D eigenvalue weighted by Gasteiger charge is -2.21. The SMILES string of the molecule is COc1cc(C(C)(C)C)c2op(OCC(C)(C)C)oc3c(C(C)(C)C)cc(OC)cc3c2c1. The van der Waals surface area contributed by atoms with Crippen LogP contribution in [0.4, 0.5) is 0 Å². The van der Waals surface area contributed by atoms with Crippen LogP contribution in [0.1, 0.15) is 73.4 Å². The Labute approximate surface area is 199 Å². The second kappa shape index (κ2) is 8.92. The van der Waals surface area contributed by atoms with Crippen LogP contribution in [0.5, 0.6) is 11.5 Å². The number of hydrogen-bond donors (Lipinski definition) is 0. The molecule has 0 radical (unpaired) electrons. The highest BCUT2D eigenvalue weighted by atomic mass is 31.1. The van der Waals surface area contributed by atoms with Crippen LogP contribution < -0.4 is 14.0 Å². The minimum Gasteiger partial charge on any atom is -0.497 e. The van der Waals surface area contributed by atoms with Crippen LogP contribution >= 0.6 is 8.24 Å². The van der Waals surface area contributed by atoms with E-state index in [9.17, 15) is 0 Å². The molecule has 6 heteroatoms. The molecular weight excluding hydrogens is 435 g/mol. The van der Waals surface area contributed by atoms with E-state index in [0.717, 1.165) is 44.6 Å². The second-order valence-electron chi connectivity index (χ2n) is 11.8. The van der Waals surface area contributed by atoms with Gasteiger partial charge < -0.3 is 17.9 Å². The first-order chi connectivity index (χ1) is 15.1. The molecule has 0 atom stereocenters. The molecule has 0 spiro atoms. The van der Waals surface area contributed by atoms with E-state index in [-0.39, 0.29) is 16.2 Å². The average Bonchev–Trinajstić information content (AvgIpc) is 2.85. The number of benzene rings is 2. The molecule has 3 aromatic rings. The molecule has 3 rings (SSSR count). The van der Waals surface area contributed by atoms with Gasteiger partial charge in [-0.1, -0.05) is 62.3 Å². The standard InChI is InChI=1S/C27H39O5P/c1-25(2,3)16-30-33-31-23-19(12-17(28-10)14-21(23)26(4,5)6)20-13-18(29-11)15-22(24(20)32-33)27(7,8)9/h12-15H,16H2,1-11H3. The van der Waals surface area contributed by atoms with Crippen molar-refractivity contribution in [2.24, 2.45) is 5.41 Å². The molecule has 182 valence electrons. The summed E-state index contributed by atoms with van der Waals surface area (Å²) in [6.45, 7) is 19.9. The fraction of sp³-hybridized carbons (Fsp3) is 0.556. The monoisotopic (exact) mass is 474 g/mol. The molecular formula is C27H39O5P. The Bertz CT molecular complexity index is 1100. The largest absolute Gasteiger partial charge is 0.497 e. The van der Waals surface area contributed by atoms with Crippen molar-refractivity contribution in [1.82, 2.24) is 0 Å². The molecule has 0 aliphatic carbocycles. The summed E-state index contributed by atoms with van der Waals surface area (Å²) < 4.78 is 30.7. The molecule has 2 aromatic carbocycles. The summed E-state index contributed by atoms with van der Waals surface area (Å²) >= 11 is 0. The maximum Gasteiger partial charge on any atom is 0.387 e. The third kappa shape index (κ3) is 5.70. The van der Waals surface area contributed by atoms with Crippen LogP contribution in [-0.2, 0) is 10.8 Å². The third-order valence-electron chi connectivity index (χ3n) is 5.44. The number of hydrogen-bond acceptors (Lipinski definition) is 5. The molecule has 0 saturated heterocycles. The minimum absolute atomic E-state index is 0.0213. The van der Waals surface area contributed by atoms with Gasteiger partial charge in [0.25, 0.3) is 0 Å². The van der Waals surface area contributed by atoms with Crippen molar-refractivity contribution in [2.45, 2.75) is 73.1 Å². The molecule has 33 heavy (non-hydrogen) atoms. The molecule has 0 unspecified atom stereocenters. The highest BCUT2D eigenvalue weighted by Gasteiger charge is 2.26. The van der Waals surface area contributed by atoms with Crippen LogP contribution in [0.3, 0.4) is 0 Å². The molecule has 0 N–H and O–H groups in total. The summed E-state index contributed by atoms with van der Waals surface area (Å²) in [5.41, 5.74) is 3.25. The van der Waals surface area contributed by atoms with E-state index < -0.39 is 8.24 Å². The fourth-order valence-electron chi connectivity index (χ4n) is 3.62. The van der Waals surface area contributed by atoms with Gasteiger partial charge in [0, 0.05) is 21.9 Å². The summed E-state index contributed by atoms with van der Waals surface area (Å²) in [5.74, 6) is 1.55. The number of methoxy groups -OCH3 is 2. The Balaban J connectivity index is 2.59. The normalized spacial score (nSPS) is 12.9. The zero-order chi connectivity index (χ0) is 24.8. The second-order valence-corrected chi connectivity index (χ2v) is 12.9. The number of fused-ring (bicyclic) bond motifs is 3. The Morgan fingerprint density at radius 2 is 1.06 bits per heavy atom. The van der Waals surface area contributed by atoms with E-state index >= 15 is 0 Å². The lowest BCUT2D eigenvalue weighted by atomic mass is 9.84. The van der Waals surface area contributed by atoms with E-state index in [1.54, 1.807) is 14.2 Å². The topological polar surface area (TPSA) is 54.0 Å². The summed E-state index contributed by atoms with van der Waals surface area (Å²) in [7, 11) is 1.71. The summed E-state index contributed by atoms with van der Waals surface area (Å²) in [5, 5.41) is 1.84. The Hall–Kier alpha value is -2.10. The van der Waals surface area contributed by atoms with Crippen LogP contribution in [0.25, 0.3) is 21.9 Å². The van der Waals surface area contributed by atoms with Crippen molar-refractivity contribution in [2.75, 3.05) is 20.8 Å². The smallest absolute Gasteiger partial charge is 0.387 e. The van der Waals surface area contributed by atoms with Crippen molar-refractivity contribution in [1.29, 1.82) is 0 Å². The first kappa shape index (κ1) is 25.5. The van der Waals surface area contributed by atoms with Crippen molar-refractivity contribution < 1.29 is 22.4 Å². The van der Waals surface area contributed by atoms with Gasteiger partial charge in [-0.3, -0.25) is 4.52 Å². The van der Waals surface area contributed by atoms with Gasteiger partial charge in [-0.2, -0.15) is 0 Å². The van der Waals surface area contributed by atoms with E-state index in [4.69, 9.17) is 22.4 Å². The summed E-state index contributed by atoms with van der Waals surface area (Å²) in [6.07, 6.45) is 0. The van der Waals surface area contributed by atoms with Crippen LogP contribution in [-0.4, -0.2) is 20.8 Å². The molecule has 0 aliphatic heterocycles. The maximum absolute atomic E-state index is 6.56. The van der Waals surface area contributed by atoms with Crippen LogP contribution in [0, 0.1) is 5.41 Å². The molecule has 1 aromatic heterocycles. The predicted molar refractivity (Wildman–Crippen MR) is 138 cm³/mol. The van der Waals surface area contributed by atoms with Gasteiger partial charge in [-0.05, 0) is 40.5 Å². The average molecular weight is 475 g/mol. The van der Waals surface area contributed by atoms with Crippen molar-refractivity contribution in [3.63, 3.8) is 0 Å². The van der Waals surface area contributed by atoms with Gasteiger partial charge in [-0.15, -0.1) is 0 Å². The highest BCUT2D eigenvalue weighted by molar-refractivity contribution is 7.31. The van der Waals surface area contributed by atoms with E-state index in [1.807, 2.05) is 24.3 Å². The quantitative estimate of drug-likeness (QED) is 0.380. The van der Waals surface area contributed by atoms with Crippen molar-refractivity contribution >= 4 is 30.2 Å². The summed E-state index contributed by atoms with van der Waals surface area (Å²) in [4.78, 5) is 0. The molecule has 0 amide bonds. The lowest BCUT2D eigenvalue weighted by Crippen LogP contribution is -2.15. The molecule has 0 aliphatic rings. The van der Waals surface area contributed by atoms with E-state index in [0.29, 0.717) is 6.61 Å². The minimum atomic E-state index is -1.67. The predicted octanol–water partition coefficient (Wildman–Crippen LogP) is 8.38. The zero-order valence-corrected chi connectivity index (χ0v) is 22.9. The Morgan fingerprint density at radius 3 is 1.36 bits per heavy atom. The number of rotatable bonds is 4. The fourth-order valence-corrected chi connectivity index (χ4v) is 4.95. The molecule has 5 nitrogen and oxygen atoms in total. The van der Waals surface area contributed by atoms with E-state index in [1.165, 1.54) is 0 Å². The van der Waals surface area contributed by atoms with Gasteiger partial charge in [-0.25, -0.2) is 0 Å². The number of ether oxygens (including phenoxy) is 2. The highest BCUT2D eigenvalue weighted by Crippen LogP contribution is 2.44. The van der Waals surface area contributed by atoms with Crippen molar-refractivity contribution in [3.8, 4) is 11.5 Å². The third-order valence-corrected chi connectivity index (χ3v) is 6.44. The Kier molecular flexibility index (Phi) is 6.90. The van der Waals surface area contributed by atoms with Gasteiger partial charge in [0.2, 0.25) is 0 Å². The van der Waals surface area contributed by atoms with Gasteiger partial charge in [0.1, 0.15) is 22.7 Å². The van der Waals surface area contributed by atoms with Gasteiger partial charge in [0.05, 0.1) is 20.8 Å². The van der Waals surface area contributed by atoms with Crippen LogP contribution in [0.2, 0.25) is 0 Å². The van der Waals surface area contributed by atoms with Gasteiger partial charge >= 0.3 is 8.24 Å². The molecule has 0 bridgehead atoms. The van der Waals surface area contributed by atoms with Gasteiger partial charge in [0.15, 0.2) is 0 Å². The molecule has 0 fully saturated rings. The lowest BCUT2D eigenvalue weighted by molar-refractivity contribution is 0.238. The zero-order valence-electron chi connectivity index (χ0n) is 22.0. The van der Waals surface area contributed by atoms with E-state index in [2.05, 4.69) is 62.3 Å². The first-order valence-electron chi connectivity index (χ1n) is 11.4. The Morgan fingerprint density at radius 1 is 0.667 bits per heavy atom.